The van der Waals surface area contributed by atoms with Crippen LogP contribution in [-0.2, 0) is 10.3 Å². The van der Waals surface area contributed by atoms with E-state index in [2.05, 4.69) is 41.7 Å². The Morgan fingerprint density at radius 2 is 1.22 bits per heavy atom. The average Bonchev–Trinajstić information content (AvgIpc) is 3.47. The highest BCUT2D eigenvalue weighted by molar-refractivity contribution is 7.10. The zero-order valence-corrected chi connectivity index (χ0v) is 21.3. The van der Waals surface area contributed by atoms with Gasteiger partial charge in [0.1, 0.15) is 10.5 Å². The normalized spacial score (nSPS) is 12.1. The number of thiazole rings is 1. The lowest BCUT2D eigenvalue weighted by atomic mass is 9.77. The van der Waals surface area contributed by atoms with Crippen molar-refractivity contribution in [2.75, 3.05) is 0 Å². The standard InChI is InChI=1S/C32H29N3OS/c33-28(31-34-29(23-37-31)24-13-5-1-6-14-24)21-22-30(36)35-32(25-15-7-2-8-16-25,26-17-9-3-10-18-26)27-19-11-4-12-20-27/h1-20,23,28H,21-22,33H2,(H,35,36)/t28-/m0/s1. The predicted octanol–water partition coefficient (Wildman–Crippen LogP) is 6.70. The number of carbonyl (C=O) groups excluding carboxylic acids is 1. The molecule has 5 rings (SSSR count). The third kappa shape index (κ3) is 5.38. The molecule has 0 spiro atoms. The van der Waals surface area contributed by atoms with Gasteiger partial charge < -0.3 is 11.1 Å². The van der Waals surface area contributed by atoms with Gasteiger partial charge in [0, 0.05) is 17.4 Å². The van der Waals surface area contributed by atoms with Gasteiger partial charge in [0.05, 0.1) is 11.7 Å². The molecule has 0 bridgehead atoms. The summed E-state index contributed by atoms with van der Waals surface area (Å²) >= 11 is 1.54. The number of nitrogens with two attached hydrogens (primary N) is 1. The van der Waals surface area contributed by atoms with Gasteiger partial charge in [-0.2, -0.15) is 0 Å². The maximum absolute atomic E-state index is 13.6. The van der Waals surface area contributed by atoms with Gasteiger partial charge in [-0.3, -0.25) is 4.79 Å². The zero-order valence-electron chi connectivity index (χ0n) is 20.5. The minimum Gasteiger partial charge on any atom is -0.338 e. The topological polar surface area (TPSA) is 68.0 Å². The molecule has 3 N–H and O–H groups in total. The fourth-order valence-corrected chi connectivity index (χ4v) is 5.53. The van der Waals surface area contributed by atoms with E-state index in [9.17, 15) is 4.79 Å². The van der Waals surface area contributed by atoms with Crippen LogP contribution < -0.4 is 11.1 Å². The summed E-state index contributed by atoms with van der Waals surface area (Å²) in [4.78, 5) is 18.3. The molecule has 0 radical (unpaired) electrons. The second-order valence-corrected chi connectivity index (χ2v) is 9.87. The number of benzene rings is 4. The van der Waals surface area contributed by atoms with Crippen molar-refractivity contribution in [1.29, 1.82) is 0 Å². The molecule has 0 saturated carbocycles. The van der Waals surface area contributed by atoms with E-state index in [0.29, 0.717) is 6.42 Å². The number of carbonyl (C=O) groups is 1. The minimum atomic E-state index is -0.827. The Kier molecular flexibility index (Phi) is 7.54. The molecule has 0 saturated heterocycles. The van der Waals surface area contributed by atoms with Crippen molar-refractivity contribution in [3.05, 3.63) is 148 Å². The fourth-order valence-electron chi connectivity index (χ4n) is 4.66. The van der Waals surface area contributed by atoms with Crippen molar-refractivity contribution < 1.29 is 4.79 Å². The van der Waals surface area contributed by atoms with Gasteiger partial charge in [0.15, 0.2) is 0 Å². The number of rotatable bonds is 9. The van der Waals surface area contributed by atoms with Crippen LogP contribution in [0.2, 0.25) is 0 Å². The molecule has 5 aromatic rings. The van der Waals surface area contributed by atoms with Gasteiger partial charge in [-0.1, -0.05) is 121 Å². The Morgan fingerprint density at radius 3 is 1.70 bits per heavy atom. The molecule has 5 heteroatoms. The first kappa shape index (κ1) is 24.6. The van der Waals surface area contributed by atoms with E-state index >= 15 is 0 Å². The zero-order chi connectivity index (χ0) is 25.5. The van der Waals surface area contributed by atoms with Crippen LogP contribution in [0.1, 0.15) is 40.6 Å². The van der Waals surface area contributed by atoms with E-state index in [1.165, 1.54) is 0 Å². The van der Waals surface area contributed by atoms with Crippen LogP contribution in [0.3, 0.4) is 0 Å². The van der Waals surface area contributed by atoms with Gasteiger partial charge in [0.25, 0.3) is 0 Å². The second kappa shape index (κ2) is 11.3. The highest BCUT2D eigenvalue weighted by atomic mass is 32.1. The largest absolute Gasteiger partial charge is 0.338 e. The quantitative estimate of drug-likeness (QED) is 0.220. The first-order chi connectivity index (χ1) is 18.2. The molecule has 0 fully saturated rings. The lowest BCUT2D eigenvalue weighted by molar-refractivity contribution is -0.122. The highest BCUT2D eigenvalue weighted by Gasteiger charge is 2.37. The number of hydrogen-bond donors (Lipinski definition) is 2. The van der Waals surface area contributed by atoms with Crippen LogP contribution >= 0.6 is 11.3 Å². The summed E-state index contributed by atoms with van der Waals surface area (Å²) in [6, 6.07) is 40.1. The molecule has 184 valence electrons. The van der Waals surface area contributed by atoms with Crippen molar-refractivity contribution in [3.8, 4) is 11.3 Å². The van der Waals surface area contributed by atoms with Crippen LogP contribution in [0.4, 0.5) is 0 Å². The molecule has 1 atom stereocenters. The van der Waals surface area contributed by atoms with Crippen molar-refractivity contribution >= 4 is 17.2 Å². The summed E-state index contributed by atoms with van der Waals surface area (Å²) in [6.07, 6.45) is 0.789. The first-order valence-corrected chi connectivity index (χ1v) is 13.3. The molecule has 4 aromatic carbocycles. The molecule has 1 heterocycles. The molecular weight excluding hydrogens is 474 g/mol. The highest BCUT2D eigenvalue weighted by Crippen LogP contribution is 2.37. The monoisotopic (exact) mass is 503 g/mol. The molecule has 0 aliphatic carbocycles. The molecule has 1 aromatic heterocycles. The summed E-state index contributed by atoms with van der Waals surface area (Å²) in [5.74, 6) is -0.0631. The summed E-state index contributed by atoms with van der Waals surface area (Å²) in [7, 11) is 0. The van der Waals surface area contributed by atoms with E-state index < -0.39 is 5.54 Å². The van der Waals surface area contributed by atoms with Gasteiger partial charge in [-0.15, -0.1) is 11.3 Å². The second-order valence-electron chi connectivity index (χ2n) is 8.98. The molecule has 0 aliphatic heterocycles. The Morgan fingerprint density at radius 1 is 0.757 bits per heavy atom. The first-order valence-electron chi connectivity index (χ1n) is 12.4. The smallest absolute Gasteiger partial charge is 0.221 e. The van der Waals surface area contributed by atoms with Gasteiger partial charge in [0.2, 0.25) is 5.91 Å². The van der Waals surface area contributed by atoms with Crippen LogP contribution in [0, 0.1) is 0 Å². The van der Waals surface area contributed by atoms with Crippen LogP contribution in [0.15, 0.2) is 127 Å². The maximum atomic E-state index is 13.6. The van der Waals surface area contributed by atoms with Gasteiger partial charge in [-0.05, 0) is 23.1 Å². The van der Waals surface area contributed by atoms with Crippen LogP contribution in [-0.4, -0.2) is 10.9 Å². The summed E-state index contributed by atoms with van der Waals surface area (Å²) in [6.45, 7) is 0. The maximum Gasteiger partial charge on any atom is 0.221 e. The summed E-state index contributed by atoms with van der Waals surface area (Å²) < 4.78 is 0. The average molecular weight is 504 g/mol. The van der Waals surface area contributed by atoms with Crippen molar-refractivity contribution in [2.24, 2.45) is 5.73 Å². The lowest BCUT2D eigenvalue weighted by Gasteiger charge is -2.37. The number of nitrogens with zero attached hydrogens (tertiary/aromatic N) is 1. The Hall–Kier alpha value is -4.06. The Labute approximate surface area is 221 Å². The molecule has 0 unspecified atom stereocenters. The van der Waals surface area contributed by atoms with Crippen LogP contribution in [0.5, 0.6) is 0 Å². The third-order valence-electron chi connectivity index (χ3n) is 6.54. The number of aromatic nitrogens is 1. The molecule has 4 nitrogen and oxygen atoms in total. The van der Waals surface area contributed by atoms with Crippen LogP contribution in [0.25, 0.3) is 11.3 Å². The number of amides is 1. The van der Waals surface area contributed by atoms with Gasteiger partial charge >= 0.3 is 0 Å². The molecular formula is C32H29N3OS. The fraction of sp³-hybridized carbons (Fsp3) is 0.125. The van der Waals surface area contributed by atoms with E-state index in [4.69, 9.17) is 10.7 Å². The Bertz CT molecular complexity index is 1320. The lowest BCUT2D eigenvalue weighted by Crippen LogP contribution is -2.47. The summed E-state index contributed by atoms with van der Waals surface area (Å²) in [5, 5.41) is 6.27. The SMILES string of the molecule is N[C@@H](CCC(=O)NC(c1ccccc1)(c1ccccc1)c1ccccc1)c1nc(-c2ccccc2)cs1. The van der Waals surface area contributed by atoms with E-state index in [1.54, 1.807) is 11.3 Å². The van der Waals surface area contributed by atoms with Crippen molar-refractivity contribution in [1.82, 2.24) is 10.3 Å². The van der Waals surface area contributed by atoms with Gasteiger partial charge in [-0.25, -0.2) is 4.98 Å². The van der Waals surface area contributed by atoms with E-state index in [0.717, 1.165) is 33.0 Å². The Balaban J connectivity index is 1.40. The number of nitrogens with one attached hydrogen (secondary N) is 1. The van der Waals surface area contributed by atoms with Crippen molar-refractivity contribution in [2.45, 2.75) is 24.4 Å². The predicted molar refractivity (Wildman–Crippen MR) is 151 cm³/mol. The van der Waals surface area contributed by atoms with E-state index in [1.807, 2.05) is 90.3 Å². The van der Waals surface area contributed by atoms with E-state index in [-0.39, 0.29) is 18.4 Å². The summed E-state index contributed by atoms with van der Waals surface area (Å²) in [5.41, 5.74) is 10.6. The minimum absolute atomic E-state index is 0.0631. The molecule has 37 heavy (non-hydrogen) atoms. The third-order valence-corrected chi connectivity index (χ3v) is 7.52. The number of hydrogen-bond acceptors (Lipinski definition) is 4. The molecule has 0 aliphatic rings. The molecule has 1 amide bonds. The van der Waals surface area contributed by atoms with Crippen molar-refractivity contribution in [3.63, 3.8) is 0 Å².